The van der Waals surface area contributed by atoms with Gasteiger partial charge in [-0.3, -0.25) is 4.79 Å². The highest BCUT2D eigenvalue weighted by molar-refractivity contribution is 7.64. The van der Waals surface area contributed by atoms with E-state index in [1.54, 1.807) is 5.37 Å². The number of aryl methyl sites for hydroxylation is 1. The Balaban J connectivity index is 1.81. The van der Waals surface area contributed by atoms with Crippen molar-refractivity contribution in [3.8, 4) is 5.75 Å². The van der Waals surface area contributed by atoms with Crippen molar-refractivity contribution in [3.05, 3.63) is 23.8 Å². The van der Waals surface area contributed by atoms with Gasteiger partial charge in [-0.1, -0.05) is 0 Å². The van der Waals surface area contributed by atoms with Crippen molar-refractivity contribution >= 4 is 28.2 Å². The lowest BCUT2D eigenvalue weighted by Crippen LogP contribution is -2.18. The minimum atomic E-state index is 0.0775. The van der Waals surface area contributed by atoms with Crippen LogP contribution in [0.1, 0.15) is 31.2 Å². The SMILES string of the molecule is O=S=CCCCCOc1ccc2c(c1)CCC(=O)N2. The standard InChI is InChI=1S/C14H17NO3S/c16-14-7-4-11-10-12(5-6-13(11)15-14)18-8-2-1-3-9-19-17/h5-6,9-10H,1-4,7-8H2,(H,15,16). The minimum absolute atomic E-state index is 0.0775. The van der Waals surface area contributed by atoms with Crippen molar-refractivity contribution in [1.29, 1.82) is 0 Å². The van der Waals surface area contributed by atoms with Crippen LogP contribution in [-0.2, 0) is 22.5 Å². The number of fused-ring (bicyclic) bond motifs is 1. The molecule has 0 fully saturated rings. The summed E-state index contributed by atoms with van der Waals surface area (Å²) >= 11 is 0.521. The molecular formula is C14H17NO3S. The maximum atomic E-state index is 11.2. The zero-order chi connectivity index (χ0) is 13.5. The largest absolute Gasteiger partial charge is 0.494 e. The quantitative estimate of drug-likeness (QED) is 0.641. The molecule has 0 atom stereocenters. The van der Waals surface area contributed by atoms with E-state index in [9.17, 15) is 9.00 Å². The Hall–Kier alpha value is -1.62. The lowest BCUT2D eigenvalue weighted by molar-refractivity contribution is -0.116. The van der Waals surface area contributed by atoms with Crippen LogP contribution in [0.4, 0.5) is 5.69 Å². The smallest absolute Gasteiger partial charge is 0.224 e. The van der Waals surface area contributed by atoms with E-state index < -0.39 is 0 Å². The second-order valence-corrected chi connectivity index (χ2v) is 5.00. The van der Waals surface area contributed by atoms with Crippen molar-refractivity contribution in [1.82, 2.24) is 0 Å². The number of hydrogen-bond acceptors (Lipinski definition) is 3. The Morgan fingerprint density at radius 1 is 1.32 bits per heavy atom. The van der Waals surface area contributed by atoms with Gasteiger partial charge in [0, 0.05) is 17.5 Å². The third kappa shape index (κ3) is 4.21. The molecule has 1 aromatic rings. The fourth-order valence-corrected chi connectivity index (χ4v) is 2.28. The van der Waals surface area contributed by atoms with Crippen LogP contribution in [-0.4, -0.2) is 22.1 Å². The van der Waals surface area contributed by atoms with E-state index in [2.05, 4.69) is 5.32 Å². The van der Waals surface area contributed by atoms with Crippen LogP contribution in [0.2, 0.25) is 0 Å². The topological polar surface area (TPSA) is 55.4 Å². The van der Waals surface area contributed by atoms with Crippen LogP contribution in [0, 0.1) is 0 Å². The first-order chi connectivity index (χ1) is 9.29. The van der Waals surface area contributed by atoms with Crippen LogP contribution >= 0.6 is 0 Å². The van der Waals surface area contributed by atoms with E-state index in [0.29, 0.717) is 24.3 Å². The summed E-state index contributed by atoms with van der Waals surface area (Å²) in [5.41, 5.74) is 2.03. The fraction of sp³-hybridized carbons (Fsp3) is 0.429. The highest BCUT2D eigenvalue weighted by atomic mass is 32.1. The number of ether oxygens (including phenoxy) is 1. The van der Waals surface area contributed by atoms with Crippen molar-refractivity contribution in [2.75, 3.05) is 11.9 Å². The maximum absolute atomic E-state index is 11.2. The van der Waals surface area contributed by atoms with Crippen molar-refractivity contribution in [2.45, 2.75) is 32.1 Å². The first kappa shape index (κ1) is 13.8. The number of hydrogen-bond donors (Lipinski definition) is 1. The molecule has 0 aliphatic carbocycles. The van der Waals surface area contributed by atoms with Crippen molar-refractivity contribution in [3.63, 3.8) is 0 Å². The van der Waals surface area contributed by atoms with Gasteiger partial charge in [0.05, 0.1) is 17.9 Å². The lowest BCUT2D eigenvalue weighted by atomic mass is 10.0. The molecule has 0 radical (unpaired) electrons. The minimum Gasteiger partial charge on any atom is -0.494 e. The van der Waals surface area contributed by atoms with Gasteiger partial charge in [-0.15, -0.1) is 0 Å². The van der Waals surface area contributed by atoms with Gasteiger partial charge in [0.25, 0.3) is 0 Å². The Morgan fingerprint density at radius 2 is 2.21 bits per heavy atom. The summed E-state index contributed by atoms with van der Waals surface area (Å²) in [5, 5.41) is 4.52. The fourth-order valence-electron chi connectivity index (χ4n) is 2.02. The van der Waals surface area contributed by atoms with E-state index in [1.807, 2.05) is 18.2 Å². The lowest BCUT2D eigenvalue weighted by Gasteiger charge is -2.17. The molecule has 19 heavy (non-hydrogen) atoms. The molecule has 0 spiro atoms. The highest BCUT2D eigenvalue weighted by Crippen LogP contribution is 2.26. The van der Waals surface area contributed by atoms with Crippen LogP contribution in [0.5, 0.6) is 5.75 Å². The molecule has 1 aliphatic heterocycles. The first-order valence-electron chi connectivity index (χ1n) is 6.45. The Bertz CT molecular complexity index is 509. The normalized spacial score (nSPS) is 13.4. The van der Waals surface area contributed by atoms with Gasteiger partial charge in [0.15, 0.2) is 0 Å². The molecule has 4 nitrogen and oxygen atoms in total. The van der Waals surface area contributed by atoms with Crippen LogP contribution in [0.3, 0.4) is 0 Å². The summed E-state index contributed by atoms with van der Waals surface area (Å²) in [4.78, 5) is 11.2. The molecular weight excluding hydrogens is 262 g/mol. The van der Waals surface area contributed by atoms with Crippen LogP contribution in [0.25, 0.3) is 0 Å². The number of nitrogens with one attached hydrogen (secondary N) is 1. The molecule has 0 unspecified atom stereocenters. The summed E-state index contributed by atoms with van der Waals surface area (Å²) in [7, 11) is 0. The number of rotatable bonds is 6. The molecule has 5 heteroatoms. The maximum Gasteiger partial charge on any atom is 0.224 e. The van der Waals surface area contributed by atoms with Gasteiger partial charge in [-0.25, -0.2) is 4.21 Å². The first-order valence-corrected chi connectivity index (χ1v) is 7.26. The number of amides is 1. The second-order valence-electron chi connectivity index (χ2n) is 4.47. The average Bonchev–Trinajstić information content (AvgIpc) is 2.43. The molecule has 1 N–H and O–H groups in total. The number of carbonyl (C=O) groups excluding carboxylic acids is 1. The van der Waals surface area contributed by atoms with E-state index in [1.165, 1.54) is 0 Å². The van der Waals surface area contributed by atoms with Gasteiger partial charge >= 0.3 is 0 Å². The predicted octanol–water partition coefficient (Wildman–Crippen LogP) is 2.14. The van der Waals surface area contributed by atoms with E-state index >= 15 is 0 Å². The zero-order valence-electron chi connectivity index (χ0n) is 10.7. The third-order valence-corrected chi connectivity index (χ3v) is 3.40. The molecule has 1 heterocycles. The molecule has 0 aromatic heterocycles. The zero-order valence-corrected chi connectivity index (χ0v) is 11.5. The summed E-state index contributed by atoms with van der Waals surface area (Å²) in [6.45, 7) is 0.655. The Labute approximate surface area is 116 Å². The van der Waals surface area contributed by atoms with E-state index in [-0.39, 0.29) is 5.91 Å². The summed E-state index contributed by atoms with van der Waals surface area (Å²) in [6.07, 6.45) is 4.04. The molecule has 0 bridgehead atoms. The molecule has 0 saturated carbocycles. The second kappa shape index (κ2) is 7.09. The van der Waals surface area contributed by atoms with Gasteiger partial charge < -0.3 is 10.1 Å². The van der Waals surface area contributed by atoms with Gasteiger partial charge in [0.2, 0.25) is 5.91 Å². The molecule has 0 saturated heterocycles. The number of carbonyl (C=O) groups is 1. The van der Waals surface area contributed by atoms with Gasteiger partial charge in [-0.05, 0) is 49.4 Å². The van der Waals surface area contributed by atoms with Crippen LogP contribution in [0.15, 0.2) is 18.2 Å². The van der Waals surface area contributed by atoms with Gasteiger partial charge in [-0.2, -0.15) is 0 Å². The van der Waals surface area contributed by atoms with Crippen molar-refractivity contribution in [2.24, 2.45) is 0 Å². The van der Waals surface area contributed by atoms with Crippen LogP contribution < -0.4 is 10.1 Å². The number of anilines is 1. The van der Waals surface area contributed by atoms with E-state index in [0.717, 1.165) is 42.7 Å². The molecule has 1 aliphatic rings. The molecule has 102 valence electrons. The highest BCUT2D eigenvalue weighted by Gasteiger charge is 2.14. The van der Waals surface area contributed by atoms with E-state index in [4.69, 9.17) is 4.74 Å². The van der Waals surface area contributed by atoms with Gasteiger partial charge in [0.1, 0.15) is 5.75 Å². The van der Waals surface area contributed by atoms with Crippen molar-refractivity contribution < 1.29 is 13.7 Å². The predicted molar refractivity (Wildman–Crippen MR) is 76.9 cm³/mol. The third-order valence-electron chi connectivity index (χ3n) is 3.03. The Morgan fingerprint density at radius 3 is 3.05 bits per heavy atom. The number of unbranched alkanes of at least 4 members (excludes halogenated alkanes) is 2. The molecule has 1 amide bonds. The summed E-state index contributed by atoms with van der Waals surface area (Å²) in [5.74, 6) is 0.922. The molecule has 2 rings (SSSR count). The monoisotopic (exact) mass is 279 g/mol. The average molecular weight is 279 g/mol. The number of benzene rings is 1. The summed E-state index contributed by atoms with van der Waals surface area (Å²) < 4.78 is 15.8. The Kier molecular flexibility index (Phi) is 5.15. The molecule has 1 aromatic carbocycles. The summed E-state index contributed by atoms with van der Waals surface area (Å²) in [6, 6.07) is 5.77.